The van der Waals surface area contributed by atoms with Gasteiger partial charge < -0.3 is 15.3 Å². The molecule has 7 heterocycles. The van der Waals surface area contributed by atoms with E-state index < -0.39 is 5.97 Å². The summed E-state index contributed by atoms with van der Waals surface area (Å²) in [6.07, 6.45) is 6.94. The minimum Gasteiger partial charge on any atom is -0.478 e. The molecular formula is C36H30N8O3. The largest absolute Gasteiger partial charge is 0.478 e. The highest BCUT2D eigenvalue weighted by Crippen LogP contribution is 2.28. The number of carbonyl (C=O) groups excluding carboxylic acids is 1. The van der Waals surface area contributed by atoms with Crippen LogP contribution in [0.25, 0.3) is 55.2 Å². The molecule has 0 spiro atoms. The summed E-state index contributed by atoms with van der Waals surface area (Å²) in [5.41, 5.74) is 7.44. The number of benzene rings is 2. The van der Waals surface area contributed by atoms with Crippen molar-refractivity contribution in [3.05, 3.63) is 109 Å². The molecular weight excluding hydrogens is 592 g/mol. The molecule has 11 nitrogen and oxygen atoms in total. The Morgan fingerprint density at radius 1 is 0.702 bits per heavy atom. The van der Waals surface area contributed by atoms with E-state index in [1.54, 1.807) is 24.7 Å². The summed E-state index contributed by atoms with van der Waals surface area (Å²) < 4.78 is 3.95. The van der Waals surface area contributed by atoms with Crippen molar-refractivity contribution in [2.24, 2.45) is 0 Å². The molecule has 1 amide bonds. The van der Waals surface area contributed by atoms with Crippen LogP contribution in [0, 0.1) is 0 Å². The third-order valence-electron chi connectivity index (χ3n) is 8.65. The number of pyridine rings is 4. The van der Waals surface area contributed by atoms with Gasteiger partial charge in [-0.05, 0) is 62.4 Å². The van der Waals surface area contributed by atoms with E-state index in [4.69, 9.17) is 4.98 Å². The number of carboxylic acids is 1. The number of hydrogen-bond acceptors (Lipinski definition) is 7. The fraction of sp³-hybridized carbons (Fsp3) is 0.167. The molecule has 2 N–H and O–H groups in total. The number of piperazine rings is 1. The van der Waals surface area contributed by atoms with Crippen molar-refractivity contribution in [1.29, 1.82) is 0 Å². The minimum atomic E-state index is -0.990. The second-order valence-corrected chi connectivity index (χ2v) is 12.0. The van der Waals surface area contributed by atoms with E-state index in [1.807, 2.05) is 82.2 Å². The van der Waals surface area contributed by atoms with E-state index in [2.05, 4.69) is 38.5 Å². The van der Waals surface area contributed by atoms with Crippen LogP contribution in [0.1, 0.15) is 34.6 Å². The third kappa shape index (κ3) is 4.79. The number of rotatable bonds is 2. The first kappa shape index (κ1) is 28.5. The van der Waals surface area contributed by atoms with Crippen molar-refractivity contribution in [3.8, 4) is 0 Å². The molecule has 11 heteroatoms. The average molecular weight is 623 g/mol. The lowest BCUT2D eigenvalue weighted by Gasteiger charge is -2.36. The second kappa shape index (κ2) is 11.1. The van der Waals surface area contributed by atoms with Crippen molar-refractivity contribution in [3.63, 3.8) is 0 Å². The zero-order valence-corrected chi connectivity index (χ0v) is 25.7. The highest BCUT2D eigenvalue weighted by atomic mass is 16.4. The lowest BCUT2D eigenvalue weighted by atomic mass is 10.1. The van der Waals surface area contributed by atoms with Gasteiger partial charge in [-0.15, -0.1) is 0 Å². The third-order valence-corrected chi connectivity index (χ3v) is 8.65. The number of carbonyl (C=O) groups is 2. The summed E-state index contributed by atoms with van der Waals surface area (Å²) in [6.45, 7) is 5.61. The Hall–Kier alpha value is -5.94. The number of nitrogens with one attached hydrogen (secondary N) is 1. The van der Waals surface area contributed by atoms with E-state index >= 15 is 0 Å². The number of aromatic carboxylic acids is 1. The molecule has 1 saturated heterocycles. The first-order valence-electron chi connectivity index (χ1n) is 15.4. The van der Waals surface area contributed by atoms with E-state index in [-0.39, 0.29) is 23.6 Å². The topological polar surface area (TPSA) is 130 Å². The zero-order chi connectivity index (χ0) is 32.2. The summed E-state index contributed by atoms with van der Waals surface area (Å²) in [6, 6.07) is 23.5. The van der Waals surface area contributed by atoms with Gasteiger partial charge in [0.05, 0.1) is 38.7 Å². The number of carboxylic acid groups (broad SMARTS) is 1. The summed E-state index contributed by atoms with van der Waals surface area (Å²) in [4.78, 5) is 44.4. The molecule has 0 aliphatic carbocycles. The van der Waals surface area contributed by atoms with Gasteiger partial charge >= 0.3 is 5.97 Å². The van der Waals surface area contributed by atoms with Crippen molar-refractivity contribution in [2.45, 2.75) is 25.9 Å². The number of imidazole rings is 2. The molecule has 8 aromatic rings. The smallest absolute Gasteiger partial charge is 0.339 e. The quantitative estimate of drug-likeness (QED) is 0.255. The van der Waals surface area contributed by atoms with Crippen LogP contribution >= 0.6 is 0 Å². The Morgan fingerprint density at radius 2 is 1.19 bits per heavy atom. The molecule has 1 aliphatic heterocycles. The number of amides is 1. The maximum Gasteiger partial charge on any atom is 0.339 e. The van der Waals surface area contributed by atoms with Gasteiger partial charge in [-0.25, -0.2) is 14.8 Å². The van der Waals surface area contributed by atoms with Gasteiger partial charge in [0.2, 0.25) is 0 Å². The Kier molecular flexibility index (Phi) is 6.76. The highest BCUT2D eigenvalue weighted by molar-refractivity contribution is 6.06. The van der Waals surface area contributed by atoms with E-state index in [0.29, 0.717) is 29.9 Å². The SMILES string of the molecule is C[C@@H]1CN(C(=O)c2cc3cnccc3n3c2nc2ccccc23)C[C@H](C)N1.O=C(O)c1cc2cnccc2n2c1nc1ccccc12. The van der Waals surface area contributed by atoms with Crippen LogP contribution in [0.15, 0.2) is 97.6 Å². The summed E-state index contributed by atoms with van der Waals surface area (Å²) in [5.74, 6) is -0.961. The molecule has 47 heavy (non-hydrogen) atoms. The summed E-state index contributed by atoms with van der Waals surface area (Å²) in [5, 5.41) is 14.6. The van der Waals surface area contributed by atoms with Crippen LogP contribution in [-0.4, -0.2) is 75.8 Å². The molecule has 2 atom stereocenters. The van der Waals surface area contributed by atoms with E-state index in [1.165, 1.54) is 0 Å². The first-order chi connectivity index (χ1) is 22.9. The fourth-order valence-corrected chi connectivity index (χ4v) is 6.75. The average Bonchev–Trinajstić information content (AvgIpc) is 3.67. The second-order valence-electron chi connectivity index (χ2n) is 12.0. The van der Waals surface area contributed by atoms with E-state index in [0.717, 1.165) is 43.9 Å². The van der Waals surface area contributed by atoms with Gasteiger partial charge in [-0.2, -0.15) is 0 Å². The number of nitrogens with zero attached hydrogens (tertiary/aromatic N) is 7. The molecule has 232 valence electrons. The Balaban J connectivity index is 0.000000144. The predicted octanol–water partition coefficient (Wildman–Crippen LogP) is 5.59. The predicted molar refractivity (Wildman–Crippen MR) is 181 cm³/mol. The molecule has 0 unspecified atom stereocenters. The Morgan fingerprint density at radius 3 is 1.72 bits per heavy atom. The highest BCUT2D eigenvalue weighted by Gasteiger charge is 2.28. The molecule has 0 saturated carbocycles. The molecule has 1 aliphatic rings. The number of fused-ring (bicyclic) bond motifs is 10. The van der Waals surface area contributed by atoms with Crippen LogP contribution < -0.4 is 5.32 Å². The van der Waals surface area contributed by atoms with Gasteiger partial charge in [0.15, 0.2) is 11.3 Å². The van der Waals surface area contributed by atoms with Gasteiger partial charge in [-0.1, -0.05) is 24.3 Å². The Labute approximate surface area is 268 Å². The fourth-order valence-electron chi connectivity index (χ4n) is 6.75. The molecule has 6 aromatic heterocycles. The molecule has 2 aromatic carbocycles. The summed E-state index contributed by atoms with van der Waals surface area (Å²) >= 11 is 0. The van der Waals surface area contributed by atoms with Crippen LogP contribution in [0.4, 0.5) is 0 Å². The zero-order valence-electron chi connectivity index (χ0n) is 25.7. The first-order valence-corrected chi connectivity index (χ1v) is 15.4. The van der Waals surface area contributed by atoms with Crippen LogP contribution in [0.3, 0.4) is 0 Å². The number of para-hydroxylation sites is 4. The van der Waals surface area contributed by atoms with Gasteiger partial charge in [0.1, 0.15) is 5.56 Å². The van der Waals surface area contributed by atoms with Crippen LogP contribution in [-0.2, 0) is 0 Å². The summed E-state index contributed by atoms with van der Waals surface area (Å²) in [7, 11) is 0. The molecule has 1 fully saturated rings. The molecule has 9 rings (SSSR count). The lowest BCUT2D eigenvalue weighted by molar-refractivity contribution is 0.0673. The van der Waals surface area contributed by atoms with Crippen LogP contribution in [0.2, 0.25) is 0 Å². The van der Waals surface area contributed by atoms with Gasteiger partial charge in [0, 0.05) is 60.7 Å². The van der Waals surface area contributed by atoms with Crippen molar-refractivity contribution in [1.82, 2.24) is 39.0 Å². The normalized spacial score (nSPS) is 16.7. The van der Waals surface area contributed by atoms with Gasteiger partial charge in [-0.3, -0.25) is 23.6 Å². The van der Waals surface area contributed by atoms with Crippen LogP contribution in [0.5, 0.6) is 0 Å². The maximum atomic E-state index is 13.4. The van der Waals surface area contributed by atoms with Crippen molar-refractivity contribution < 1.29 is 14.7 Å². The monoisotopic (exact) mass is 622 g/mol. The van der Waals surface area contributed by atoms with Gasteiger partial charge in [0.25, 0.3) is 5.91 Å². The van der Waals surface area contributed by atoms with Crippen molar-refractivity contribution >= 4 is 67.0 Å². The number of hydrogen-bond donors (Lipinski definition) is 2. The molecule has 0 bridgehead atoms. The Bertz CT molecular complexity index is 2510. The maximum absolute atomic E-state index is 13.4. The van der Waals surface area contributed by atoms with E-state index in [9.17, 15) is 14.7 Å². The lowest BCUT2D eigenvalue weighted by Crippen LogP contribution is -2.55. The standard InChI is InChI=1S/C21H21N5O.C15H9N3O2/c1-13-11-25(12-14(2)23-13)21(27)16-9-15-10-22-8-7-18(15)26-19-6-4-3-5-17(19)24-20(16)26;19-15(20)10-7-9-8-16-6-5-12(9)18-13-4-2-1-3-11(13)17-14(10)18/h3-10,13-14,23H,11-12H2,1-2H3;1-8H,(H,19,20)/t13-,14+;. The van der Waals surface area contributed by atoms with Crippen molar-refractivity contribution in [2.75, 3.05) is 13.1 Å². The molecule has 0 radical (unpaired) electrons. The minimum absolute atomic E-state index is 0.0289. The number of aromatic nitrogens is 6.